The number of halogens is 1. The second-order valence-electron chi connectivity index (χ2n) is 3.75. The molecule has 84 valence electrons. The van der Waals surface area contributed by atoms with Crippen LogP contribution in [0.5, 0.6) is 0 Å². The number of rotatable bonds is 2. The van der Waals surface area contributed by atoms with Gasteiger partial charge in [0.1, 0.15) is 0 Å². The van der Waals surface area contributed by atoms with Gasteiger partial charge in [-0.1, -0.05) is 24.6 Å². The van der Waals surface area contributed by atoms with E-state index in [4.69, 9.17) is 17.3 Å². The monoisotopic (exact) mass is 235 g/mol. The molecule has 4 heteroatoms. The molecule has 0 spiro atoms. The van der Waals surface area contributed by atoms with Gasteiger partial charge in [-0.3, -0.25) is 4.68 Å². The molecular formula is C12H14ClN3. The average molecular weight is 236 g/mol. The van der Waals surface area contributed by atoms with Crippen molar-refractivity contribution in [1.29, 1.82) is 0 Å². The molecule has 2 rings (SSSR count). The number of hydrogen-bond donors (Lipinski definition) is 1. The van der Waals surface area contributed by atoms with Crippen molar-refractivity contribution in [2.24, 2.45) is 7.05 Å². The topological polar surface area (TPSA) is 43.8 Å². The molecule has 0 aliphatic rings. The summed E-state index contributed by atoms with van der Waals surface area (Å²) in [6.45, 7) is 2.09. The van der Waals surface area contributed by atoms with Crippen molar-refractivity contribution in [3.05, 3.63) is 35.1 Å². The van der Waals surface area contributed by atoms with Crippen LogP contribution in [0.2, 0.25) is 5.02 Å². The van der Waals surface area contributed by atoms with Crippen molar-refractivity contribution in [2.75, 3.05) is 5.73 Å². The first-order valence-electron chi connectivity index (χ1n) is 5.19. The van der Waals surface area contributed by atoms with Gasteiger partial charge in [0.25, 0.3) is 0 Å². The summed E-state index contributed by atoms with van der Waals surface area (Å²) in [5.41, 5.74) is 9.65. The van der Waals surface area contributed by atoms with Crippen molar-refractivity contribution < 1.29 is 0 Å². The van der Waals surface area contributed by atoms with E-state index < -0.39 is 0 Å². The van der Waals surface area contributed by atoms with Gasteiger partial charge in [-0.2, -0.15) is 5.10 Å². The molecule has 0 atom stereocenters. The molecule has 0 aliphatic heterocycles. The number of hydrogen-bond acceptors (Lipinski definition) is 2. The summed E-state index contributed by atoms with van der Waals surface area (Å²) in [6, 6.07) is 5.67. The third-order valence-electron chi connectivity index (χ3n) is 2.55. The van der Waals surface area contributed by atoms with E-state index in [-0.39, 0.29) is 0 Å². The minimum atomic E-state index is 0.589. The Bertz CT molecular complexity index is 517. The molecule has 0 amide bonds. The molecule has 1 heterocycles. The van der Waals surface area contributed by atoms with E-state index >= 15 is 0 Å². The minimum Gasteiger partial charge on any atom is -0.398 e. The van der Waals surface area contributed by atoms with Crippen LogP contribution in [0.4, 0.5) is 5.69 Å². The molecule has 0 unspecified atom stereocenters. The van der Waals surface area contributed by atoms with Crippen LogP contribution in [-0.4, -0.2) is 9.78 Å². The van der Waals surface area contributed by atoms with Crippen molar-refractivity contribution in [1.82, 2.24) is 9.78 Å². The minimum absolute atomic E-state index is 0.589. The zero-order valence-corrected chi connectivity index (χ0v) is 10.1. The highest BCUT2D eigenvalue weighted by atomic mass is 35.5. The largest absolute Gasteiger partial charge is 0.398 e. The van der Waals surface area contributed by atoms with Crippen molar-refractivity contribution in [2.45, 2.75) is 13.3 Å². The fourth-order valence-corrected chi connectivity index (χ4v) is 1.87. The van der Waals surface area contributed by atoms with Gasteiger partial charge < -0.3 is 5.73 Å². The highest BCUT2D eigenvalue weighted by molar-refractivity contribution is 6.33. The second kappa shape index (κ2) is 4.18. The summed E-state index contributed by atoms with van der Waals surface area (Å²) < 4.78 is 1.82. The van der Waals surface area contributed by atoms with Gasteiger partial charge in [-0.05, 0) is 24.1 Å². The van der Waals surface area contributed by atoms with Gasteiger partial charge in [-0.15, -0.1) is 0 Å². The Morgan fingerprint density at radius 2 is 2.19 bits per heavy atom. The number of anilines is 1. The average Bonchev–Trinajstić information content (AvgIpc) is 2.63. The molecule has 0 fully saturated rings. The molecule has 0 saturated carbocycles. The maximum atomic E-state index is 5.90. The molecule has 2 aromatic rings. The summed E-state index contributed by atoms with van der Waals surface area (Å²) in [6.07, 6.45) is 2.90. The normalized spacial score (nSPS) is 10.7. The first kappa shape index (κ1) is 11.0. The third kappa shape index (κ3) is 1.91. The number of nitrogen functional groups attached to an aromatic ring is 1. The standard InChI is InChI=1S/C12H14ClN3/c1-3-12-9(7-16(2)15-12)8-4-5-10(13)11(14)6-8/h4-7H,3,14H2,1-2H3. The number of benzene rings is 1. The summed E-state index contributed by atoms with van der Waals surface area (Å²) in [7, 11) is 1.92. The lowest BCUT2D eigenvalue weighted by molar-refractivity contribution is 0.746. The molecule has 16 heavy (non-hydrogen) atoms. The van der Waals surface area contributed by atoms with Gasteiger partial charge >= 0.3 is 0 Å². The Labute approximate surface area is 99.8 Å². The molecule has 2 N–H and O–H groups in total. The highest BCUT2D eigenvalue weighted by Gasteiger charge is 2.09. The Morgan fingerprint density at radius 1 is 1.44 bits per heavy atom. The zero-order chi connectivity index (χ0) is 11.7. The van der Waals surface area contributed by atoms with Gasteiger partial charge in [0.15, 0.2) is 0 Å². The molecule has 3 nitrogen and oxygen atoms in total. The molecule has 1 aromatic carbocycles. The van der Waals surface area contributed by atoms with E-state index in [1.807, 2.05) is 36.1 Å². The maximum Gasteiger partial charge on any atom is 0.0700 e. The Hall–Kier alpha value is -1.48. The molecular weight excluding hydrogens is 222 g/mol. The van der Waals surface area contributed by atoms with Gasteiger partial charge in [0.2, 0.25) is 0 Å². The van der Waals surface area contributed by atoms with Crippen molar-refractivity contribution in [3.63, 3.8) is 0 Å². The molecule has 0 aliphatic carbocycles. The number of nitrogens with zero attached hydrogens (tertiary/aromatic N) is 2. The summed E-state index contributed by atoms with van der Waals surface area (Å²) >= 11 is 5.90. The van der Waals surface area contributed by atoms with E-state index in [0.29, 0.717) is 10.7 Å². The lowest BCUT2D eigenvalue weighted by Crippen LogP contribution is -1.90. The SMILES string of the molecule is CCc1nn(C)cc1-c1ccc(Cl)c(N)c1. The zero-order valence-electron chi connectivity index (χ0n) is 9.37. The van der Waals surface area contributed by atoms with Crippen molar-refractivity contribution >= 4 is 17.3 Å². The smallest absolute Gasteiger partial charge is 0.0700 e. The summed E-state index contributed by atoms with van der Waals surface area (Å²) in [4.78, 5) is 0. The molecule has 0 bridgehead atoms. The van der Waals surface area contributed by atoms with Crippen LogP contribution in [0, 0.1) is 0 Å². The van der Waals surface area contributed by atoms with Crippen molar-refractivity contribution in [3.8, 4) is 11.1 Å². The Balaban J connectivity index is 2.53. The van der Waals surface area contributed by atoms with E-state index in [0.717, 1.165) is 23.2 Å². The maximum absolute atomic E-state index is 5.90. The Morgan fingerprint density at radius 3 is 2.81 bits per heavy atom. The molecule has 0 radical (unpaired) electrons. The van der Waals surface area contributed by atoms with Crippen LogP contribution in [0.3, 0.4) is 0 Å². The quantitative estimate of drug-likeness (QED) is 0.814. The van der Waals surface area contributed by atoms with Crippen LogP contribution in [0.15, 0.2) is 24.4 Å². The van der Waals surface area contributed by atoms with Crippen LogP contribution in [0.25, 0.3) is 11.1 Å². The fourth-order valence-electron chi connectivity index (χ4n) is 1.75. The predicted molar refractivity (Wildman–Crippen MR) is 67.4 cm³/mol. The Kier molecular flexibility index (Phi) is 2.88. The fraction of sp³-hybridized carbons (Fsp3) is 0.250. The summed E-state index contributed by atoms with van der Waals surface area (Å²) in [5.74, 6) is 0. The lowest BCUT2D eigenvalue weighted by Gasteiger charge is -2.03. The van der Waals surface area contributed by atoms with Gasteiger partial charge in [-0.25, -0.2) is 0 Å². The van der Waals surface area contributed by atoms with Crippen LogP contribution in [-0.2, 0) is 13.5 Å². The van der Waals surface area contributed by atoms with Gasteiger partial charge in [0.05, 0.1) is 16.4 Å². The lowest BCUT2D eigenvalue weighted by atomic mass is 10.0. The van der Waals surface area contributed by atoms with Gasteiger partial charge in [0, 0.05) is 18.8 Å². The predicted octanol–water partition coefficient (Wildman–Crippen LogP) is 2.89. The number of aryl methyl sites for hydroxylation is 2. The molecule has 1 aromatic heterocycles. The third-order valence-corrected chi connectivity index (χ3v) is 2.89. The first-order chi connectivity index (χ1) is 7.61. The summed E-state index contributed by atoms with van der Waals surface area (Å²) in [5, 5.41) is 4.99. The van der Waals surface area contributed by atoms with E-state index in [9.17, 15) is 0 Å². The number of aromatic nitrogens is 2. The van der Waals surface area contributed by atoms with Crippen LogP contribution >= 0.6 is 11.6 Å². The van der Waals surface area contributed by atoms with Crippen LogP contribution in [0.1, 0.15) is 12.6 Å². The van der Waals surface area contributed by atoms with E-state index in [2.05, 4.69) is 12.0 Å². The van der Waals surface area contributed by atoms with Crippen LogP contribution < -0.4 is 5.73 Å². The van der Waals surface area contributed by atoms with E-state index in [1.165, 1.54) is 0 Å². The highest BCUT2D eigenvalue weighted by Crippen LogP contribution is 2.28. The van der Waals surface area contributed by atoms with E-state index in [1.54, 1.807) is 0 Å². The first-order valence-corrected chi connectivity index (χ1v) is 5.57. The number of nitrogens with two attached hydrogens (primary N) is 1. The molecule has 0 saturated heterocycles. The second-order valence-corrected chi connectivity index (χ2v) is 4.16.